The molecule has 2 fully saturated rings. The van der Waals surface area contributed by atoms with Gasteiger partial charge in [0.1, 0.15) is 6.04 Å². The number of hydrogen-bond acceptors (Lipinski definition) is 7. The standard InChI is InChI=1S/C19H22N4O5/c20-7-11-6-12(24)9-22(11)8-10-1-2-13-14(5-10)19(28)23(18(13)27)15-3-4-16(25)21-17(15)26/h1-2,5,11-12,15,24H,3-4,6-9,20H2,(H,21,25,26)/t11-,12+,15?/m0/s1. The van der Waals surface area contributed by atoms with Crippen molar-refractivity contribution in [1.82, 2.24) is 15.1 Å². The van der Waals surface area contributed by atoms with Crippen LogP contribution in [0.5, 0.6) is 0 Å². The third kappa shape index (κ3) is 3.11. The number of piperidine rings is 1. The number of aliphatic hydroxyl groups is 1. The fraction of sp³-hybridized carbons (Fsp3) is 0.474. The summed E-state index contributed by atoms with van der Waals surface area (Å²) in [7, 11) is 0. The van der Waals surface area contributed by atoms with Gasteiger partial charge in [-0.25, -0.2) is 0 Å². The minimum Gasteiger partial charge on any atom is -0.392 e. The van der Waals surface area contributed by atoms with E-state index in [-0.39, 0.29) is 30.0 Å². The molecule has 1 aromatic rings. The van der Waals surface area contributed by atoms with Gasteiger partial charge in [-0.3, -0.25) is 34.3 Å². The van der Waals surface area contributed by atoms with Crippen molar-refractivity contribution in [3.63, 3.8) is 0 Å². The average molecular weight is 386 g/mol. The van der Waals surface area contributed by atoms with Crippen LogP contribution in [0.25, 0.3) is 0 Å². The zero-order valence-corrected chi connectivity index (χ0v) is 15.3. The lowest BCUT2D eigenvalue weighted by atomic mass is 10.0. The number of amides is 4. The Morgan fingerprint density at radius 3 is 2.61 bits per heavy atom. The van der Waals surface area contributed by atoms with Gasteiger partial charge in [-0.2, -0.15) is 0 Å². The molecule has 1 unspecified atom stereocenters. The number of nitrogens with zero attached hydrogens (tertiary/aromatic N) is 2. The molecule has 2 saturated heterocycles. The van der Waals surface area contributed by atoms with Crippen LogP contribution < -0.4 is 11.1 Å². The van der Waals surface area contributed by atoms with Gasteiger partial charge in [0, 0.05) is 32.1 Å². The first kappa shape index (κ1) is 18.7. The minimum absolute atomic E-state index is 0.0700. The minimum atomic E-state index is -0.969. The summed E-state index contributed by atoms with van der Waals surface area (Å²) in [5.41, 5.74) is 7.13. The van der Waals surface area contributed by atoms with Gasteiger partial charge in [-0.05, 0) is 30.5 Å². The van der Waals surface area contributed by atoms with Crippen molar-refractivity contribution in [3.05, 3.63) is 34.9 Å². The molecule has 0 aliphatic carbocycles. The number of hydrogen-bond donors (Lipinski definition) is 3. The Labute approximate surface area is 161 Å². The highest BCUT2D eigenvalue weighted by molar-refractivity contribution is 6.23. The van der Waals surface area contributed by atoms with E-state index >= 15 is 0 Å². The predicted molar refractivity (Wildman–Crippen MR) is 97.0 cm³/mol. The normalized spacial score (nSPS) is 28.1. The molecule has 1 aromatic carbocycles. The van der Waals surface area contributed by atoms with Crippen LogP contribution in [0.15, 0.2) is 18.2 Å². The Morgan fingerprint density at radius 2 is 1.89 bits per heavy atom. The SMILES string of the molecule is NC[C@@H]1C[C@@H](O)CN1Cc1ccc2c(c1)C(=O)N(C1CCC(=O)NC1=O)C2=O. The fourth-order valence-corrected chi connectivity index (χ4v) is 4.25. The van der Waals surface area contributed by atoms with Crippen LogP contribution >= 0.6 is 0 Å². The van der Waals surface area contributed by atoms with Gasteiger partial charge in [-0.15, -0.1) is 0 Å². The molecule has 28 heavy (non-hydrogen) atoms. The summed E-state index contributed by atoms with van der Waals surface area (Å²) in [5, 5.41) is 12.1. The molecule has 0 radical (unpaired) electrons. The number of imide groups is 2. The summed E-state index contributed by atoms with van der Waals surface area (Å²) in [6.45, 7) is 1.45. The number of likely N-dealkylation sites (tertiary alicyclic amines) is 1. The molecule has 4 N–H and O–H groups in total. The van der Waals surface area contributed by atoms with E-state index in [1.165, 1.54) is 0 Å². The van der Waals surface area contributed by atoms with Crippen LogP contribution in [-0.2, 0) is 16.1 Å². The first-order valence-electron chi connectivity index (χ1n) is 9.35. The number of carbonyl (C=O) groups is 4. The Morgan fingerprint density at radius 1 is 1.14 bits per heavy atom. The summed E-state index contributed by atoms with van der Waals surface area (Å²) < 4.78 is 0. The number of β-amino-alcohol motifs (C(OH)–C–C–N with tert-alkyl or cyclic N) is 1. The van der Waals surface area contributed by atoms with Gasteiger partial charge in [-0.1, -0.05) is 6.07 Å². The molecule has 0 saturated carbocycles. The van der Waals surface area contributed by atoms with E-state index in [2.05, 4.69) is 10.2 Å². The van der Waals surface area contributed by atoms with Crippen LogP contribution in [0.4, 0.5) is 0 Å². The van der Waals surface area contributed by atoms with Gasteiger partial charge < -0.3 is 10.8 Å². The molecule has 9 heteroatoms. The highest BCUT2D eigenvalue weighted by atomic mass is 16.3. The number of nitrogens with one attached hydrogen (secondary N) is 1. The largest absolute Gasteiger partial charge is 0.392 e. The molecule has 3 atom stereocenters. The van der Waals surface area contributed by atoms with E-state index in [1.807, 2.05) is 0 Å². The van der Waals surface area contributed by atoms with Crippen molar-refractivity contribution in [3.8, 4) is 0 Å². The third-order valence-electron chi connectivity index (χ3n) is 5.67. The van der Waals surface area contributed by atoms with Crippen molar-refractivity contribution in [2.24, 2.45) is 5.73 Å². The van der Waals surface area contributed by atoms with Crippen molar-refractivity contribution < 1.29 is 24.3 Å². The summed E-state index contributed by atoms with van der Waals surface area (Å²) in [5.74, 6) is -2.06. The molecule has 4 rings (SSSR count). The molecule has 0 bridgehead atoms. The Balaban J connectivity index is 1.56. The van der Waals surface area contributed by atoms with Gasteiger partial charge in [0.05, 0.1) is 17.2 Å². The number of fused-ring (bicyclic) bond motifs is 1. The number of benzene rings is 1. The first-order valence-corrected chi connectivity index (χ1v) is 9.35. The lowest BCUT2D eigenvalue weighted by molar-refractivity contribution is -0.136. The van der Waals surface area contributed by atoms with E-state index in [4.69, 9.17) is 5.73 Å². The summed E-state index contributed by atoms with van der Waals surface area (Å²) in [4.78, 5) is 52.0. The average Bonchev–Trinajstić information content (AvgIpc) is 3.13. The van der Waals surface area contributed by atoms with Crippen molar-refractivity contribution in [1.29, 1.82) is 0 Å². The molecule has 0 spiro atoms. The van der Waals surface area contributed by atoms with Crippen LogP contribution in [0.1, 0.15) is 45.5 Å². The monoisotopic (exact) mass is 386 g/mol. The second-order valence-corrected chi connectivity index (χ2v) is 7.54. The number of nitrogens with two attached hydrogens (primary N) is 1. The maximum absolute atomic E-state index is 12.9. The van der Waals surface area contributed by atoms with Crippen molar-refractivity contribution in [2.75, 3.05) is 13.1 Å². The third-order valence-corrected chi connectivity index (χ3v) is 5.67. The molecule has 3 heterocycles. The smallest absolute Gasteiger partial charge is 0.262 e. The molecule has 9 nitrogen and oxygen atoms in total. The van der Waals surface area contributed by atoms with E-state index in [0.29, 0.717) is 26.1 Å². The lowest BCUT2D eigenvalue weighted by Gasteiger charge is -2.27. The molecule has 3 aliphatic heterocycles. The van der Waals surface area contributed by atoms with Crippen molar-refractivity contribution >= 4 is 23.6 Å². The zero-order chi connectivity index (χ0) is 20.0. The van der Waals surface area contributed by atoms with E-state index < -0.39 is 35.8 Å². The maximum Gasteiger partial charge on any atom is 0.262 e. The van der Waals surface area contributed by atoms with E-state index in [9.17, 15) is 24.3 Å². The quantitative estimate of drug-likeness (QED) is 0.564. The number of carbonyl (C=O) groups excluding carboxylic acids is 4. The van der Waals surface area contributed by atoms with Crippen molar-refractivity contribution in [2.45, 2.75) is 44.0 Å². The molecule has 4 amide bonds. The Kier molecular flexibility index (Phi) is 4.74. The van der Waals surface area contributed by atoms with Crippen LogP contribution in [0.2, 0.25) is 0 Å². The topological polar surface area (TPSA) is 133 Å². The fourth-order valence-electron chi connectivity index (χ4n) is 4.25. The van der Waals surface area contributed by atoms with Crippen LogP contribution in [0, 0.1) is 0 Å². The predicted octanol–water partition coefficient (Wildman–Crippen LogP) is -1.02. The summed E-state index contributed by atoms with van der Waals surface area (Å²) >= 11 is 0. The number of aliphatic hydroxyl groups excluding tert-OH is 1. The summed E-state index contributed by atoms with van der Waals surface area (Å²) in [6, 6.07) is 4.14. The van der Waals surface area contributed by atoms with Gasteiger partial charge >= 0.3 is 0 Å². The molecule has 148 valence electrons. The van der Waals surface area contributed by atoms with Crippen LogP contribution in [0.3, 0.4) is 0 Å². The lowest BCUT2D eigenvalue weighted by Crippen LogP contribution is -2.54. The Bertz CT molecular complexity index is 870. The number of rotatable bonds is 4. The molecular formula is C19H22N4O5. The Hall–Kier alpha value is -2.62. The van der Waals surface area contributed by atoms with Gasteiger partial charge in [0.25, 0.3) is 11.8 Å². The second kappa shape index (κ2) is 7.08. The molecule has 3 aliphatic rings. The van der Waals surface area contributed by atoms with E-state index in [0.717, 1.165) is 10.5 Å². The van der Waals surface area contributed by atoms with Gasteiger partial charge in [0.15, 0.2) is 0 Å². The highest BCUT2D eigenvalue weighted by Gasteiger charge is 2.44. The summed E-state index contributed by atoms with van der Waals surface area (Å²) in [6.07, 6.45) is 0.413. The van der Waals surface area contributed by atoms with Crippen LogP contribution in [-0.4, -0.2) is 69.8 Å². The van der Waals surface area contributed by atoms with E-state index in [1.54, 1.807) is 18.2 Å². The zero-order valence-electron chi connectivity index (χ0n) is 15.3. The molecule has 0 aromatic heterocycles. The van der Waals surface area contributed by atoms with Gasteiger partial charge in [0.2, 0.25) is 11.8 Å². The maximum atomic E-state index is 12.9. The molecular weight excluding hydrogens is 364 g/mol. The highest BCUT2D eigenvalue weighted by Crippen LogP contribution is 2.29. The second-order valence-electron chi connectivity index (χ2n) is 7.54. The first-order chi connectivity index (χ1) is 13.4.